The van der Waals surface area contributed by atoms with Gasteiger partial charge in [0.1, 0.15) is 11.9 Å². The zero-order valence-electron chi connectivity index (χ0n) is 12.2. The van der Waals surface area contributed by atoms with Crippen molar-refractivity contribution in [2.45, 2.75) is 64.0 Å². The summed E-state index contributed by atoms with van der Waals surface area (Å²) in [5.41, 5.74) is 6.10. The Morgan fingerprint density at radius 2 is 2.10 bits per heavy atom. The molecule has 1 heterocycles. The average Bonchev–Trinajstić information content (AvgIpc) is 2.96. The van der Waals surface area contributed by atoms with Crippen molar-refractivity contribution in [3.8, 4) is 0 Å². The number of hydrogen-bond donors (Lipinski definition) is 2. The largest absolute Gasteiger partial charge is 0.455 e. The fourth-order valence-electron chi connectivity index (χ4n) is 2.98. The number of hydrogen-bond acceptors (Lipinski definition) is 4. The minimum absolute atomic E-state index is 0.0516. The van der Waals surface area contributed by atoms with Gasteiger partial charge in [-0.05, 0) is 24.5 Å². The van der Waals surface area contributed by atoms with Crippen LogP contribution in [0.15, 0.2) is 16.5 Å². The molecule has 0 radical (unpaired) electrons. The number of nitrogens with two attached hydrogens (primary N) is 1. The predicted molar refractivity (Wildman–Crippen MR) is 77.5 cm³/mol. The molecule has 2 rings (SSSR count). The Labute approximate surface area is 120 Å². The highest BCUT2D eigenvalue weighted by Gasteiger charge is 2.25. The SMILES string of the molecule is CCC(=O)c1ccc([C@H](O)C(N)CC2CCCCC2)o1. The lowest BCUT2D eigenvalue weighted by Crippen LogP contribution is -2.31. The molecule has 0 amide bonds. The Kier molecular flexibility index (Phi) is 5.38. The normalized spacial score (nSPS) is 19.8. The molecule has 1 aliphatic rings. The molecule has 1 aromatic rings. The molecule has 0 spiro atoms. The molecule has 4 heteroatoms. The van der Waals surface area contributed by atoms with Gasteiger partial charge in [-0.1, -0.05) is 39.0 Å². The van der Waals surface area contributed by atoms with E-state index in [9.17, 15) is 9.90 Å². The second kappa shape index (κ2) is 7.04. The second-order valence-electron chi connectivity index (χ2n) is 5.83. The summed E-state index contributed by atoms with van der Waals surface area (Å²) < 4.78 is 5.43. The van der Waals surface area contributed by atoms with Crippen molar-refractivity contribution in [3.05, 3.63) is 23.7 Å². The minimum atomic E-state index is -0.824. The van der Waals surface area contributed by atoms with Gasteiger partial charge in [0, 0.05) is 12.5 Å². The van der Waals surface area contributed by atoms with Crippen LogP contribution >= 0.6 is 0 Å². The third-order valence-electron chi connectivity index (χ3n) is 4.25. The van der Waals surface area contributed by atoms with Gasteiger partial charge in [-0.25, -0.2) is 0 Å². The highest BCUT2D eigenvalue weighted by atomic mass is 16.4. The number of carbonyl (C=O) groups is 1. The van der Waals surface area contributed by atoms with Gasteiger partial charge in [-0.3, -0.25) is 4.79 Å². The zero-order valence-corrected chi connectivity index (χ0v) is 12.2. The van der Waals surface area contributed by atoms with E-state index in [0.717, 1.165) is 6.42 Å². The summed E-state index contributed by atoms with van der Waals surface area (Å²) in [5, 5.41) is 10.3. The molecule has 0 aromatic carbocycles. The minimum Gasteiger partial charge on any atom is -0.455 e. The topological polar surface area (TPSA) is 76.5 Å². The van der Waals surface area contributed by atoms with Gasteiger partial charge in [-0.2, -0.15) is 0 Å². The quantitative estimate of drug-likeness (QED) is 0.784. The van der Waals surface area contributed by atoms with Crippen molar-refractivity contribution >= 4 is 5.78 Å². The van der Waals surface area contributed by atoms with Crippen LogP contribution in [0.4, 0.5) is 0 Å². The second-order valence-corrected chi connectivity index (χ2v) is 5.83. The summed E-state index contributed by atoms with van der Waals surface area (Å²) in [7, 11) is 0. The number of ketones is 1. The molecule has 0 aliphatic heterocycles. The maximum atomic E-state index is 11.5. The Hall–Kier alpha value is -1.13. The predicted octanol–water partition coefficient (Wildman–Crippen LogP) is 3.20. The molecule has 4 nitrogen and oxygen atoms in total. The summed E-state index contributed by atoms with van der Waals surface area (Å²) >= 11 is 0. The summed E-state index contributed by atoms with van der Waals surface area (Å²) in [6, 6.07) is 2.96. The van der Waals surface area contributed by atoms with Crippen LogP contribution in [0.1, 0.15) is 74.3 Å². The van der Waals surface area contributed by atoms with E-state index in [2.05, 4.69) is 0 Å². The molecule has 1 unspecified atom stereocenters. The number of aliphatic hydroxyl groups is 1. The molecule has 0 saturated heterocycles. The summed E-state index contributed by atoms with van der Waals surface area (Å²) in [5.74, 6) is 1.28. The Bertz CT molecular complexity index is 435. The molecule has 1 aliphatic carbocycles. The highest BCUT2D eigenvalue weighted by Crippen LogP contribution is 2.30. The summed E-state index contributed by atoms with van der Waals surface area (Å²) in [6.07, 6.45) is 6.66. The van der Waals surface area contributed by atoms with E-state index in [1.165, 1.54) is 32.1 Å². The van der Waals surface area contributed by atoms with Gasteiger partial charge in [0.2, 0.25) is 0 Å². The molecule has 112 valence electrons. The third kappa shape index (κ3) is 3.70. The lowest BCUT2D eigenvalue weighted by atomic mass is 9.84. The van der Waals surface area contributed by atoms with E-state index in [1.54, 1.807) is 19.1 Å². The van der Waals surface area contributed by atoms with Crippen molar-refractivity contribution in [1.29, 1.82) is 0 Å². The van der Waals surface area contributed by atoms with Crippen molar-refractivity contribution in [2.24, 2.45) is 11.7 Å². The van der Waals surface area contributed by atoms with Gasteiger partial charge in [-0.15, -0.1) is 0 Å². The lowest BCUT2D eigenvalue weighted by molar-refractivity contribution is 0.0911. The number of rotatable bonds is 6. The Morgan fingerprint density at radius 3 is 2.75 bits per heavy atom. The van der Waals surface area contributed by atoms with Crippen LogP contribution in [-0.4, -0.2) is 16.9 Å². The third-order valence-corrected chi connectivity index (χ3v) is 4.25. The molecule has 3 N–H and O–H groups in total. The van der Waals surface area contributed by atoms with Gasteiger partial charge < -0.3 is 15.3 Å². The first-order chi connectivity index (χ1) is 9.61. The fraction of sp³-hybridized carbons (Fsp3) is 0.688. The van der Waals surface area contributed by atoms with Crippen LogP contribution in [0.3, 0.4) is 0 Å². The first-order valence-corrected chi connectivity index (χ1v) is 7.68. The molecule has 20 heavy (non-hydrogen) atoms. The van der Waals surface area contributed by atoms with Crippen LogP contribution in [0.5, 0.6) is 0 Å². The van der Waals surface area contributed by atoms with Crippen molar-refractivity contribution in [2.75, 3.05) is 0 Å². The summed E-state index contributed by atoms with van der Waals surface area (Å²) in [4.78, 5) is 11.5. The molecular weight excluding hydrogens is 254 g/mol. The Balaban J connectivity index is 1.93. The monoisotopic (exact) mass is 279 g/mol. The maximum absolute atomic E-state index is 11.5. The van der Waals surface area contributed by atoms with E-state index < -0.39 is 6.10 Å². The van der Waals surface area contributed by atoms with Crippen molar-refractivity contribution < 1.29 is 14.3 Å². The van der Waals surface area contributed by atoms with E-state index in [0.29, 0.717) is 23.9 Å². The zero-order chi connectivity index (χ0) is 14.5. The molecule has 1 aromatic heterocycles. The van der Waals surface area contributed by atoms with Crippen molar-refractivity contribution in [3.63, 3.8) is 0 Å². The smallest absolute Gasteiger partial charge is 0.197 e. The van der Waals surface area contributed by atoms with Gasteiger partial charge in [0.05, 0.1) is 0 Å². The van der Waals surface area contributed by atoms with E-state index in [1.807, 2.05) is 0 Å². The standard InChI is InChI=1S/C16H25NO3/c1-2-13(18)14-8-9-15(20-14)16(19)12(17)10-11-6-4-3-5-7-11/h8-9,11-12,16,19H,2-7,10,17H2,1H3/t12?,16-/m1/s1. The summed E-state index contributed by atoms with van der Waals surface area (Å²) in [6.45, 7) is 1.79. The van der Waals surface area contributed by atoms with E-state index in [4.69, 9.17) is 10.2 Å². The van der Waals surface area contributed by atoms with Crippen LogP contribution in [0, 0.1) is 5.92 Å². The van der Waals surface area contributed by atoms with Crippen LogP contribution < -0.4 is 5.73 Å². The van der Waals surface area contributed by atoms with Gasteiger partial charge in [0.25, 0.3) is 0 Å². The highest BCUT2D eigenvalue weighted by molar-refractivity contribution is 5.93. The Morgan fingerprint density at radius 1 is 1.40 bits per heavy atom. The van der Waals surface area contributed by atoms with Crippen LogP contribution in [0.2, 0.25) is 0 Å². The number of carbonyl (C=O) groups excluding carboxylic acids is 1. The molecule has 1 fully saturated rings. The van der Waals surface area contributed by atoms with Crippen molar-refractivity contribution in [1.82, 2.24) is 0 Å². The van der Waals surface area contributed by atoms with Gasteiger partial charge >= 0.3 is 0 Å². The first-order valence-electron chi connectivity index (χ1n) is 7.68. The van der Waals surface area contributed by atoms with Crippen LogP contribution in [-0.2, 0) is 0 Å². The maximum Gasteiger partial charge on any atom is 0.197 e. The molecule has 1 saturated carbocycles. The lowest BCUT2D eigenvalue weighted by Gasteiger charge is -2.26. The number of furan rings is 1. The first kappa shape index (κ1) is 15.3. The molecule has 0 bridgehead atoms. The van der Waals surface area contributed by atoms with Gasteiger partial charge in [0.15, 0.2) is 11.5 Å². The number of Topliss-reactive ketones (excluding diaryl/α,β-unsaturated/α-hetero) is 1. The molecular formula is C16H25NO3. The molecule has 2 atom stereocenters. The fourth-order valence-corrected chi connectivity index (χ4v) is 2.98. The number of aliphatic hydroxyl groups excluding tert-OH is 1. The van der Waals surface area contributed by atoms with Crippen LogP contribution in [0.25, 0.3) is 0 Å². The average molecular weight is 279 g/mol. The van der Waals surface area contributed by atoms with E-state index >= 15 is 0 Å². The van der Waals surface area contributed by atoms with E-state index in [-0.39, 0.29) is 11.8 Å².